The van der Waals surface area contributed by atoms with Gasteiger partial charge in [0.05, 0.1) is 36.3 Å². The zero-order valence-corrected chi connectivity index (χ0v) is 25.9. The summed E-state index contributed by atoms with van der Waals surface area (Å²) in [5.41, 5.74) is 12.3. The van der Waals surface area contributed by atoms with Gasteiger partial charge in [0.1, 0.15) is 0 Å². The fourth-order valence-corrected chi connectivity index (χ4v) is 7.94. The van der Waals surface area contributed by atoms with E-state index in [1.807, 2.05) is 44.2 Å². The molecule has 2 aliphatic rings. The Bertz CT molecular complexity index is 1310. The minimum absolute atomic E-state index is 0.0160. The number of aliphatic hydroxyl groups is 1. The lowest BCUT2D eigenvalue weighted by atomic mass is 9.87. The molecule has 2 aliphatic heterocycles. The van der Waals surface area contributed by atoms with Crippen LogP contribution in [0.15, 0.2) is 59.5 Å². The van der Waals surface area contributed by atoms with Gasteiger partial charge in [-0.3, -0.25) is 4.90 Å². The van der Waals surface area contributed by atoms with Crippen LogP contribution in [0.2, 0.25) is 0 Å². The topological polar surface area (TPSA) is 169 Å². The van der Waals surface area contributed by atoms with Gasteiger partial charge in [0, 0.05) is 24.7 Å². The van der Waals surface area contributed by atoms with E-state index >= 15 is 0 Å². The number of nitrogens with zero attached hydrogens (tertiary/aromatic N) is 2. The maximum Gasteiger partial charge on any atom is 0.407 e. The molecule has 0 aromatic heterocycles. The summed E-state index contributed by atoms with van der Waals surface area (Å²) in [6.45, 7) is 4.93. The zero-order chi connectivity index (χ0) is 31.2. The number of ether oxygens (including phenoxy) is 2. The Balaban J connectivity index is 1.69. The van der Waals surface area contributed by atoms with E-state index in [2.05, 4.69) is 0 Å². The second-order valence-electron chi connectivity index (χ2n) is 12.4. The van der Waals surface area contributed by atoms with Crippen molar-refractivity contribution in [1.82, 2.24) is 9.21 Å². The van der Waals surface area contributed by atoms with Crippen LogP contribution in [-0.2, 0) is 25.9 Å². The predicted octanol–water partition coefficient (Wildman–Crippen LogP) is 3.13. The maximum absolute atomic E-state index is 14.1. The van der Waals surface area contributed by atoms with Gasteiger partial charge < -0.3 is 31.2 Å². The van der Waals surface area contributed by atoms with Crippen LogP contribution < -0.4 is 11.5 Å². The van der Waals surface area contributed by atoms with Gasteiger partial charge in [0.25, 0.3) is 0 Å². The van der Waals surface area contributed by atoms with E-state index in [1.165, 1.54) is 21.3 Å². The molecule has 2 fully saturated rings. The van der Waals surface area contributed by atoms with Crippen molar-refractivity contribution < 1.29 is 32.9 Å². The van der Waals surface area contributed by atoms with Crippen molar-refractivity contribution in [2.45, 2.75) is 75.3 Å². The zero-order valence-electron chi connectivity index (χ0n) is 25.0. The minimum Gasteiger partial charge on any atom is -0.465 e. The largest absolute Gasteiger partial charge is 0.465 e. The molecule has 0 saturated carbocycles. The number of nitrogens with two attached hydrogens (primary N) is 2. The number of carbonyl (C=O) groups is 1. The number of benzene rings is 2. The molecule has 0 bridgehead atoms. The van der Waals surface area contributed by atoms with Crippen LogP contribution in [0.5, 0.6) is 0 Å². The van der Waals surface area contributed by atoms with Crippen molar-refractivity contribution in [2.24, 2.45) is 17.1 Å². The van der Waals surface area contributed by atoms with Gasteiger partial charge in [0.15, 0.2) is 6.29 Å². The molecule has 2 aromatic rings. The molecular formula is C31H46N4O7S. The first-order valence-electron chi connectivity index (χ1n) is 14.9. The molecule has 2 heterocycles. The van der Waals surface area contributed by atoms with Crippen molar-refractivity contribution in [3.63, 3.8) is 0 Å². The second kappa shape index (κ2) is 14.4. The number of unbranched alkanes of at least 4 members (excludes halogenated alkanes) is 1. The molecule has 6 N–H and O–H groups in total. The second-order valence-corrected chi connectivity index (χ2v) is 14.3. The summed E-state index contributed by atoms with van der Waals surface area (Å²) in [6.07, 6.45) is 0.151. The molecule has 4 rings (SSSR count). The van der Waals surface area contributed by atoms with Gasteiger partial charge >= 0.3 is 6.09 Å². The number of anilines is 1. The molecule has 43 heavy (non-hydrogen) atoms. The molecule has 5 atom stereocenters. The van der Waals surface area contributed by atoms with Crippen LogP contribution >= 0.6 is 0 Å². The Morgan fingerprint density at radius 3 is 2.53 bits per heavy atom. The first-order valence-corrected chi connectivity index (χ1v) is 16.4. The lowest BCUT2D eigenvalue weighted by Gasteiger charge is -2.40. The highest BCUT2D eigenvalue weighted by Crippen LogP contribution is 2.36. The van der Waals surface area contributed by atoms with E-state index in [0.29, 0.717) is 25.3 Å². The van der Waals surface area contributed by atoms with E-state index in [0.717, 1.165) is 24.8 Å². The normalized spacial score (nSPS) is 21.9. The molecule has 2 aromatic carbocycles. The van der Waals surface area contributed by atoms with Crippen molar-refractivity contribution in [3.8, 4) is 0 Å². The van der Waals surface area contributed by atoms with Crippen molar-refractivity contribution in [2.75, 3.05) is 38.6 Å². The number of aliphatic hydroxyl groups excluding tert-OH is 1. The van der Waals surface area contributed by atoms with Gasteiger partial charge in [-0.05, 0) is 61.4 Å². The minimum atomic E-state index is -4.11. The van der Waals surface area contributed by atoms with Crippen LogP contribution in [0.1, 0.15) is 45.1 Å². The number of hydrogen-bond acceptors (Lipinski definition) is 8. The SMILES string of the molecule is CC(C)(CCCCN)CN(C[C@@H](O)[C@H](Cc1ccccc1)N(C(=O)O)[C@H]1CO[C@H]2OCC[C@H]21)S(=O)(=O)c1cccc(N)c1. The van der Waals surface area contributed by atoms with Gasteiger partial charge in [-0.15, -0.1) is 0 Å². The third-order valence-electron chi connectivity index (χ3n) is 8.47. The Kier molecular flexibility index (Phi) is 11.1. The van der Waals surface area contributed by atoms with Gasteiger partial charge in [-0.2, -0.15) is 4.31 Å². The Hall–Kier alpha value is -2.74. The molecule has 0 aliphatic carbocycles. The number of nitrogen functional groups attached to an aromatic ring is 1. The standard InChI is InChI=1S/C31H46N4O7S/c1-31(2,14-6-7-15-32)21-34(43(39,40)24-12-8-11-23(33)18-24)19-28(36)26(17-22-9-4-3-5-10-22)35(30(37)38)27-20-42-29-25(27)13-16-41-29/h3-5,8-12,18,25-29,36H,6-7,13-17,19-21,32-33H2,1-2H3,(H,37,38)/t25-,26-,27-,28+,29+/m0/s1. The lowest BCUT2D eigenvalue weighted by Crippen LogP contribution is -2.58. The average molecular weight is 619 g/mol. The fraction of sp³-hybridized carbons (Fsp3) is 0.581. The Morgan fingerprint density at radius 2 is 1.86 bits per heavy atom. The molecule has 238 valence electrons. The molecule has 0 unspecified atom stereocenters. The van der Waals surface area contributed by atoms with Crippen molar-refractivity contribution in [1.29, 1.82) is 0 Å². The number of rotatable bonds is 15. The van der Waals surface area contributed by atoms with Crippen LogP contribution in [0.4, 0.5) is 10.5 Å². The summed E-state index contributed by atoms with van der Waals surface area (Å²) in [7, 11) is -4.11. The molecule has 11 nitrogen and oxygen atoms in total. The van der Waals surface area contributed by atoms with Gasteiger partial charge in [0.2, 0.25) is 10.0 Å². The van der Waals surface area contributed by atoms with Crippen LogP contribution in [0, 0.1) is 11.3 Å². The summed E-state index contributed by atoms with van der Waals surface area (Å²) >= 11 is 0. The quantitative estimate of drug-likeness (QED) is 0.173. The van der Waals surface area contributed by atoms with E-state index in [9.17, 15) is 23.4 Å². The summed E-state index contributed by atoms with van der Waals surface area (Å²) in [6, 6.07) is 13.9. The highest BCUT2D eigenvalue weighted by atomic mass is 32.2. The summed E-state index contributed by atoms with van der Waals surface area (Å²) < 4.78 is 40.9. The maximum atomic E-state index is 14.1. The smallest absolute Gasteiger partial charge is 0.407 e. The van der Waals surface area contributed by atoms with Crippen molar-refractivity contribution >= 4 is 21.8 Å². The summed E-state index contributed by atoms with van der Waals surface area (Å²) in [4.78, 5) is 14.2. The van der Waals surface area contributed by atoms with Crippen LogP contribution in [-0.4, -0.2) is 91.3 Å². The number of hydrogen-bond donors (Lipinski definition) is 4. The molecular weight excluding hydrogens is 572 g/mol. The van der Waals surface area contributed by atoms with E-state index in [1.54, 1.807) is 12.1 Å². The number of carboxylic acid groups (broad SMARTS) is 1. The average Bonchev–Trinajstić information content (AvgIpc) is 3.58. The number of amides is 1. The first kappa shape index (κ1) is 33.2. The Labute approximate surface area is 254 Å². The third kappa shape index (κ3) is 8.25. The number of sulfonamides is 1. The Morgan fingerprint density at radius 1 is 1.12 bits per heavy atom. The van der Waals surface area contributed by atoms with Gasteiger partial charge in [-0.25, -0.2) is 13.2 Å². The third-order valence-corrected chi connectivity index (χ3v) is 10.3. The first-order chi connectivity index (χ1) is 20.4. The van der Waals surface area contributed by atoms with Gasteiger partial charge in [-0.1, -0.05) is 56.7 Å². The highest BCUT2D eigenvalue weighted by Gasteiger charge is 2.49. The molecule has 0 spiro atoms. The molecule has 2 saturated heterocycles. The monoisotopic (exact) mass is 618 g/mol. The van der Waals surface area contributed by atoms with E-state index < -0.39 is 46.0 Å². The molecule has 0 radical (unpaired) electrons. The van der Waals surface area contributed by atoms with E-state index in [4.69, 9.17) is 20.9 Å². The predicted molar refractivity (Wildman–Crippen MR) is 164 cm³/mol. The number of fused-ring (bicyclic) bond motifs is 1. The lowest BCUT2D eigenvalue weighted by molar-refractivity contribution is -0.0906. The van der Waals surface area contributed by atoms with Crippen LogP contribution in [0.25, 0.3) is 0 Å². The highest BCUT2D eigenvalue weighted by molar-refractivity contribution is 7.89. The van der Waals surface area contributed by atoms with Crippen LogP contribution in [0.3, 0.4) is 0 Å². The molecule has 12 heteroatoms. The fourth-order valence-electron chi connectivity index (χ4n) is 6.24. The summed E-state index contributed by atoms with van der Waals surface area (Å²) in [5.74, 6) is -0.171. The molecule has 1 amide bonds. The summed E-state index contributed by atoms with van der Waals surface area (Å²) in [5, 5.41) is 22.4. The van der Waals surface area contributed by atoms with Crippen molar-refractivity contribution in [3.05, 3.63) is 60.2 Å². The van der Waals surface area contributed by atoms with E-state index in [-0.39, 0.29) is 36.9 Å².